The number of ketones is 1. The van der Waals surface area contributed by atoms with Gasteiger partial charge in [0.25, 0.3) is 11.5 Å². The van der Waals surface area contributed by atoms with Gasteiger partial charge in [-0.25, -0.2) is 19.2 Å². The Bertz CT molecular complexity index is 3480. The molecule has 4 fully saturated rings. The molecule has 9 rings (SSSR count). The number of aliphatic hydroxyl groups is 4. The Labute approximate surface area is 517 Å². The third-order valence-electron chi connectivity index (χ3n) is 18.1. The molecule has 26 nitrogen and oxygen atoms in total. The highest BCUT2D eigenvalue weighted by atomic mass is 16.6. The molecule has 5 aliphatic rings. The Morgan fingerprint density at radius 1 is 0.789 bits per heavy atom. The first-order valence-electron chi connectivity index (χ1n) is 29.7. The normalized spacial score (nSPS) is 28.9. The number of nitrogens with one attached hydrogen (secondary N) is 2. The molecule has 3 heterocycles. The van der Waals surface area contributed by atoms with E-state index < -0.39 is 162 Å². The second kappa shape index (κ2) is 27.3. The lowest BCUT2D eigenvalue weighted by molar-refractivity contribution is -0.345. The van der Waals surface area contributed by atoms with Crippen LogP contribution >= 0.6 is 0 Å². The molecule has 2 saturated heterocycles. The molecule has 2 amide bonds. The minimum Gasteiger partial charge on any atom is -0.456 e. The average molecular weight is 1250 g/mol. The molecule has 3 aromatic carbocycles. The lowest BCUT2D eigenvalue weighted by Crippen LogP contribution is -2.82. The third-order valence-corrected chi connectivity index (χ3v) is 18.1. The van der Waals surface area contributed by atoms with E-state index in [2.05, 4.69) is 10.6 Å². The zero-order chi connectivity index (χ0) is 65.0. The number of rotatable bonds is 22. The van der Waals surface area contributed by atoms with Gasteiger partial charge < -0.3 is 73.7 Å². The van der Waals surface area contributed by atoms with Crippen LogP contribution in [0.3, 0.4) is 0 Å². The number of aliphatic hydroxyl groups excluding tert-OH is 3. The van der Waals surface area contributed by atoms with Crippen LogP contribution in [0.4, 0.5) is 4.79 Å². The molecule has 2 aliphatic heterocycles. The average Bonchev–Trinajstić information content (AvgIpc) is 0.710. The molecule has 4 aromatic rings. The zero-order valence-corrected chi connectivity index (χ0v) is 50.9. The fourth-order valence-electron chi connectivity index (χ4n) is 13.4. The number of hydrogen-bond donors (Lipinski definition) is 6. The lowest BCUT2D eigenvalue weighted by Gasteiger charge is -2.67. The van der Waals surface area contributed by atoms with Gasteiger partial charge in [-0.15, -0.1) is 0 Å². The molecular formula is C64H76N4O22. The van der Waals surface area contributed by atoms with Crippen LogP contribution in [0.5, 0.6) is 0 Å². The summed E-state index contributed by atoms with van der Waals surface area (Å²) in [4.78, 5) is 127. The van der Waals surface area contributed by atoms with E-state index >= 15 is 4.79 Å². The molecule has 1 aromatic heterocycles. The number of nitrogens with zero attached hydrogens (tertiary/aromatic N) is 2. The number of ether oxygens (including phenoxy) is 9. The van der Waals surface area contributed by atoms with E-state index in [-0.39, 0.29) is 80.2 Å². The zero-order valence-electron chi connectivity index (χ0n) is 50.9. The van der Waals surface area contributed by atoms with E-state index in [1.807, 2.05) is 0 Å². The summed E-state index contributed by atoms with van der Waals surface area (Å²) in [5.41, 5.74) is -9.04. The van der Waals surface area contributed by atoms with Gasteiger partial charge in [-0.05, 0) is 61.7 Å². The second-order valence-electron chi connectivity index (χ2n) is 24.0. The summed E-state index contributed by atoms with van der Waals surface area (Å²) < 4.78 is 56.5. The number of benzene rings is 3. The van der Waals surface area contributed by atoms with E-state index in [4.69, 9.17) is 42.6 Å². The first-order valence-corrected chi connectivity index (χ1v) is 29.7. The number of carbonyl (C=O) groups is 7. The van der Waals surface area contributed by atoms with Crippen molar-refractivity contribution < 1.29 is 96.6 Å². The van der Waals surface area contributed by atoms with Gasteiger partial charge in [0.1, 0.15) is 42.3 Å². The van der Waals surface area contributed by atoms with E-state index in [9.17, 15) is 58.8 Å². The Hall–Kier alpha value is -7.95. The summed E-state index contributed by atoms with van der Waals surface area (Å²) in [5, 5.41) is 51.2. The van der Waals surface area contributed by atoms with Crippen molar-refractivity contribution in [2.45, 2.75) is 147 Å². The summed E-state index contributed by atoms with van der Waals surface area (Å²) in [5.74, 6) is -7.48. The molecule has 90 heavy (non-hydrogen) atoms. The second-order valence-corrected chi connectivity index (χ2v) is 24.0. The minimum atomic E-state index is -2.55. The van der Waals surface area contributed by atoms with Crippen molar-refractivity contribution in [2.24, 2.45) is 16.7 Å². The number of alkyl carbamates (subject to hydrolysis) is 1. The SMILES string of the molecule is CC(=O)O[C@H]1C(=O)C2(C)[C@@H](OC(=O)NCCOCCOCCn3c(=O)c(C)cn([C@H]4C[C@H](O)[C@@H](CO)O4)c3=O)C[C@H]3OC[C@@]3(OC(C)=O)[C@H]2[C@H](OC(=O)c2ccccc2)[C@]2(O)C[C@H](OC(=O)[C@H](O)[C@@H](NC(=O)c3ccccc3)c3ccccc3)C(C)=C1C2(C)C. The van der Waals surface area contributed by atoms with Crippen molar-refractivity contribution in [3.05, 3.63) is 151 Å². The van der Waals surface area contributed by atoms with Crippen LogP contribution in [0.1, 0.15) is 105 Å². The molecule has 3 aliphatic carbocycles. The van der Waals surface area contributed by atoms with E-state index in [1.165, 1.54) is 57.5 Å². The smallest absolute Gasteiger partial charge is 0.407 e. The largest absolute Gasteiger partial charge is 0.456 e. The predicted octanol–water partition coefficient (Wildman–Crippen LogP) is 2.48. The molecule has 6 N–H and O–H groups in total. The van der Waals surface area contributed by atoms with Crippen LogP contribution in [0.15, 0.2) is 118 Å². The summed E-state index contributed by atoms with van der Waals surface area (Å²) in [6.07, 6.45) is -14.0. The number of aromatic nitrogens is 2. The molecule has 0 radical (unpaired) electrons. The van der Waals surface area contributed by atoms with Crippen molar-refractivity contribution in [2.75, 3.05) is 46.2 Å². The van der Waals surface area contributed by atoms with Crippen LogP contribution in [0, 0.1) is 23.7 Å². The fraction of sp³-hybridized carbons (Fsp3) is 0.516. The molecule has 14 atom stereocenters. The Morgan fingerprint density at radius 3 is 2.02 bits per heavy atom. The molecule has 2 bridgehead atoms. The van der Waals surface area contributed by atoms with Crippen LogP contribution in [-0.2, 0) is 68.4 Å². The highest BCUT2D eigenvalue weighted by molar-refractivity contribution is 5.96. The maximum atomic E-state index is 16.4. The Kier molecular flexibility index (Phi) is 20.1. The van der Waals surface area contributed by atoms with Gasteiger partial charge in [-0.3, -0.25) is 33.1 Å². The number of amides is 2. The van der Waals surface area contributed by atoms with Gasteiger partial charge >= 0.3 is 35.7 Å². The first-order chi connectivity index (χ1) is 42.8. The van der Waals surface area contributed by atoms with Crippen LogP contribution in [-0.4, -0.2) is 177 Å². The maximum absolute atomic E-state index is 16.4. The predicted molar refractivity (Wildman–Crippen MR) is 313 cm³/mol. The molecular weight excluding hydrogens is 1180 g/mol. The van der Waals surface area contributed by atoms with Gasteiger partial charge in [0.05, 0.1) is 75.2 Å². The lowest BCUT2D eigenvalue weighted by atomic mass is 9.44. The van der Waals surface area contributed by atoms with Gasteiger partial charge in [-0.2, -0.15) is 0 Å². The van der Waals surface area contributed by atoms with Gasteiger partial charge in [0.2, 0.25) is 0 Å². The van der Waals surface area contributed by atoms with Crippen molar-refractivity contribution in [1.29, 1.82) is 0 Å². The quantitative estimate of drug-likeness (QED) is 0.0285. The number of hydrogen-bond acceptors (Lipinski definition) is 22. The first kappa shape index (κ1) is 66.5. The summed E-state index contributed by atoms with van der Waals surface area (Å²) in [6.45, 7) is 8.20. The molecule has 26 heteroatoms. The molecule has 484 valence electrons. The van der Waals surface area contributed by atoms with E-state index in [1.54, 1.807) is 78.9 Å². The monoisotopic (exact) mass is 1250 g/mol. The summed E-state index contributed by atoms with van der Waals surface area (Å²) in [6, 6.07) is 22.5. The Morgan fingerprint density at radius 2 is 1.42 bits per heavy atom. The van der Waals surface area contributed by atoms with Crippen molar-refractivity contribution in [3.8, 4) is 0 Å². The maximum Gasteiger partial charge on any atom is 0.407 e. The molecule has 2 saturated carbocycles. The van der Waals surface area contributed by atoms with E-state index in [0.29, 0.717) is 5.56 Å². The number of fused-ring (bicyclic) bond motifs is 5. The minimum absolute atomic E-state index is 0.00200. The highest BCUT2D eigenvalue weighted by Crippen LogP contribution is 2.65. The van der Waals surface area contributed by atoms with Gasteiger partial charge in [0, 0.05) is 62.4 Å². The fourth-order valence-corrected chi connectivity index (χ4v) is 13.4. The summed E-state index contributed by atoms with van der Waals surface area (Å²) >= 11 is 0. The van der Waals surface area contributed by atoms with Crippen LogP contribution < -0.4 is 21.9 Å². The molecule has 0 spiro atoms. The number of carbonyl (C=O) groups excluding carboxylic acids is 7. The van der Waals surface area contributed by atoms with Crippen LogP contribution in [0.25, 0.3) is 0 Å². The van der Waals surface area contributed by atoms with Crippen molar-refractivity contribution in [3.63, 3.8) is 0 Å². The van der Waals surface area contributed by atoms with Crippen molar-refractivity contribution >= 4 is 41.7 Å². The highest BCUT2D eigenvalue weighted by Gasteiger charge is 2.79. The van der Waals surface area contributed by atoms with Crippen LogP contribution in [0.2, 0.25) is 0 Å². The Balaban J connectivity index is 0.989. The summed E-state index contributed by atoms with van der Waals surface area (Å²) in [7, 11) is 0. The topological polar surface area (TPSA) is 352 Å². The van der Waals surface area contributed by atoms with Gasteiger partial charge in [-0.1, -0.05) is 80.6 Å². The standard InChI is InChI=1S/C64H76N4O22/c1-35-32-68(47-29-42(72)44(33-69)86-47)60(80)67(56(35)76)24-26-83-28-27-82-25-23-65-59(79)88-45-30-46-63(34-84-46,90-38(4)71)52-54(89-57(77)41-21-15-10-16-22-41)64(81)31-43(36(2)48(61(64,5)6)51(85-37(3)70)53(74)62(45,52)7)87-58(78)50(73)49(39-17-11-8-12-18-39)66-55(75)40-19-13-9-14-20-40/h8-22,32,42-47,49-52,54,69,72-73,81H,23-31,33-34H2,1-7H3,(H,65,79)(H,66,75)/t42-,43-,44+,45-,46+,47+,49-,50+,51+,52-,54-,62?,63-,64+/m0/s1. The number of aryl methyl sites for hydroxylation is 1. The molecule has 1 unspecified atom stereocenters. The van der Waals surface area contributed by atoms with E-state index in [0.717, 1.165) is 18.4 Å². The van der Waals surface area contributed by atoms with Gasteiger partial charge in [0.15, 0.2) is 23.6 Å². The van der Waals surface area contributed by atoms with Crippen molar-refractivity contribution in [1.82, 2.24) is 19.8 Å². The number of Topliss-reactive ketones (excluding diaryl/α,β-unsaturated/α-hetero) is 1. The third kappa shape index (κ3) is 12.9. The number of esters is 4.